The lowest BCUT2D eigenvalue weighted by molar-refractivity contribution is -0.482. The van der Waals surface area contributed by atoms with Crippen LogP contribution in [0.15, 0.2) is 0 Å². The summed E-state index contributed by atoms with van der Waals surface area (Å²) in [5.74, 6) is -97.7. The van der Waals surface area contributed by atoms with E-state index in [1.165, 1.54) is 0 Å². The Morgan fingerprint density at radius 3 is 0.891 bits per heavy atom. The minimum Gasteiger partial charge on any atom is -0.200 e. The Balaban J connectivity index is 7.02. The molecule has 0 aliphatic carbocycles. The van der Waals surface area contributed by atoms with E-state index in [-0.39, 0.29) is 12.8 Å². The van der Waals surface area contributed by atoms with Crippen LogP contribution in [0.2, 0.25) is 0 Å². The Labute approximate surface area is 253 Å². The van der Waals surface area contributed by atoms with Gasteiger partial charge in [-0.3, -0.25) is 0 Å². The van der Waals surface area contributed by atoms with Crippen molar-refractivity contribution in [3.05, 3.63) is 0 Å². The maximum atomic E-state index is 14.0. The predicted molar refractivity (Wildman–Crippen MR) is 112 cm³/mol. The predicted octanol–water partition coefficient (Wildman–Crippen LogP) is 11.7. The number of halogens is 26. The van der Waals surface area contributed by atoms with Crippen molar-refractivity contribution in [2.75, 3.05) is 0 Å². The molecule has 0 amide bonds. The number of unbranched alkanes of at least 4 members (excludes halogenated alkanes) is 3. The van der Waals surface area contributed by atoms with Gasteiger partial charge < -0.3 is 0 Å². The van der Waals surface area contributed by atoms with Crippen LogP contribution in [0, 0.1) is 0 Å². The third-order valence-electron chi connectivity index (χ3n) is 6.21. The average Bonchev–Trinajstić information content (AvgIpc) is 2.84. The summed E-state index contributed by atoms with van der Waals surface area (Å²) in [6.07, 6.45) is -10.5. The van der Waals surface area contributed by atoms with E-state index in [9.17, 15) is 110 Å². The van der Waals surface area contributed by atoms with Crippen LogP contribution in [0.25, 0.3) is 0 Å². The molecule has 0 bridgehead atoms. The number of rotatable bonds is 17. The van der Waals surface area contributed by atoms with Gasteiger partial charge in [0.25, 0.3) is 0 Å². The van der Waals surface area contributed by atoms with Crippen molar-refractivity contribution in [2.45, 2.75) is 121 Å². The van der Waals surface area contributed by atoms with Crippen molar-refractivity contribution in [2.24, 2.45) is 0 Å². The van der Waals surface area contributed by atoms with E-state index >= 15 is 0 Å². The summed E-state index contributed by atoms with van der Waals surface area (Å²) in [5, 5.41) is 0. The second kappa shape index (κ2) is 12.7. The smallest absolute Gasteiger partial charge is 0.200 e. The van der Waals surface area contributed by atoms with Crippen molar-refractivity contribution in [3.63, 3.8) is 0 Å². The zero-order valence-corrected chi connectivity index (χ0v) is 23.8. The largest absolute Gasteiger partial charge is 0.460 e. The highest BCUT2D eigenvalue weighted by atomic mass is 127. The van der Waals surface area contributed by atoms with Crippen molar-refractivity contribution < 1.29 is 110 Å². The quantitative estimate of drug-likeness (QED) is 0.0592. The second-order valence-corrected chi connectivity index (χ2v) is 11.4. The Morgan fingerprint density at radius 2 is 0.630 bits per heavy atom. The Kier molecular flexibility index (Phi) is 12.4. The summed E-state index contributed by atoms with van der Waals surface area (Å²) in [6, 6.07) is 0. The molecule has 1 atom stereocenters. The molecule has 0 spiro atoms. The Bertz CT molecular complexity index is 1030. The molecule has 0 rings (SSSR count). The van der Waals surface area contributed by atoms with Gasteiger partial charge in [0.2, 0.25) is 0 Å². The highest BCUT2D eigenvalue weighted by Crippen LogP contribution is 2.68. The molecule has 1 unspecified atom stereocenters. The summed E-state index contributed by atoms with van der Waals surface area (Å²) in [7, 11) is 0. The SMILES string of the molecule is CCCCCCC(I)CC(F)(F)C(F)(F)C(F)(F)C(F)(F)C(F)(F)C(F)(F)C(F)(F)C(F)(F)C(F)(F)C(F)(F)C(F)(F)C(F)(F)F. The lowest BCUT2D eigenvalue weighted by atomic mass is 9.84. The summed E-state index contributed by atoms with van der Waals surface area (Å²) in [4.78, 5) is 0. The first kappa shape index (κ1) is 45.0. The van der Waals surface area contributed by atoms with Crippen LogP contribution < -0.4 is 0 Å². The maximum absolute atomic E-state index is 14.0. The summed E-state index contributed by atoms with van der Waals surface area (Å²) >= 11 is 0.827. The molecular weight excluding hydrogens is 842 g/mol. The van der Waals surface area contributed by atoms with Gasteiger partial charge in [-0.25, -0.2) is 0 Å². The van der Waals surface area contributed by atoms with Crippen LogP contribution >= 0.6 is 22.6 Å². The van der Waals surface area contributed by atoms with E-state index in [1.54, 1.807) is 6.92 Å². The molecule has 0 aliphatic heterocycles. The maximum Gasteiger partial charge on any atom is 0.460 e. The monoisotopic (exact) mass is 858 g/mol. The van der Waals surface area contributed by atoms with Gasteiger partial charge in [0.1, 0.15) is 0 Å². The molecule has 0 heterocycles. The number of hydrogen-bond acceptors (Lipinski definition) is 0. The Hall–Kier alpha value is -1.02. The fraction of sp³-hybridized carbons (Fsp3) is 1.00. The molecule has 46 heavy (non-hydrogen) atoms. The first-order valence-corrected chi connectivity index (χ1v) is 12.8. The molecule has 0 aromatic heterocycles. The molecule has 0 saturated heterocycles. The molecule has 278 valence electrons. The van der Waals surface area contributed by atoms with Crippen molar-refractivity contribution in [1.29, 1.82) is 0 Å². The molecule has 0 nitrogen and oxygen atoms in total. The third kappa shape index (κ3) is 6.38. The minimum absolute atomic E-state index is 0.137. The minimum atomic E-state index is -9.57. The third-order valence-corrected chi connectivity index (χ3v) is 7.28. The van der Waals surface area contributed by atoms with Crippen molar-refractivity contribution >= 4 is 22.6 Å². The fourth-order valence-corrected chi connectivity index (χ4v) is 4.28. The van der Waals surface area contributed by atoms with Gasteiger partial charge in [0.15, 0.2) is 0 Å². The topological polar surface area (TPSA) is 0 Å². The van der Waals surface area contributed by atoms with E-state index in [0.717, 1.165) is 22.6 Å². The van der Waals surface area contributed by atoms with Crippen molar-refractivity contribution in [3.8, 4) is 0 Å². The second-order valence-electron chi connectivity index (χ2n) is 9.60. The average molecular weight is 858 g/mol. The summed E-state index contributed by atoms with van der Waals surface area (Å²) in [5.41, 5.74) is 0. The molecule has 0 saturated carbocycles. The van der Waals surface area contributed by atoms with Gasteiger partial charge in [-0.1, -0.05) is 55.2 Å². The molecule has 0 aromatic carbocycles. The van der Waals surface area contributed by atoms with E-state index in [4.69, 9.17) is 0 Å². The lowest BCUT2D eigenvalue weighted by Gasteiger charge is -2.45. The van der Waals surface area contributed by atoms with Crippen LogP contribution in [0.5, 0.6) is 0 Å². The molecule has 26 heteroatoms. The molecule has 0 aromatic rings. The first-order chi connectivity index (χ1) is 19.7. The van der Waals surface area contributed by atoms with Crippen molar-refractivity contribution in [1.82, 2.24) is 0 Å². The summed E-state index contributed by atoms with van der Waals surface area (Å²) in [6.45, 7) is 1.60. The zero-order chi connectivity index (χ0) is 37.8. The standard InChI is InChI=1S/C20H16F25I/c1-2-3-4-5-6-8(46)7-9(21,22)10(23,24)11(25,26)12(27,28)13(29,30)14(31,32)15(33,34)16(35,36)17(37,38)18(39,40)19(41,42)20(43,44)45/h8H,2-7H2,1H3. The van der Waals surface area contributed by atoms with E-state index < -0.39 is 88.1 Å². The van der Waals surface area contributed by atoms with E-state index in [1.807, 2.05) is 0 Å². The van der Waals surface area contributed by atoms with Gasteiger partial charge in [0, 0.05) is 10.3 Å². The van der Waals surface area contributed by atoms with Crippen LogP contribution in [0.3, 0.4) is 0 Å². The molecule has 0 fully saturated rings. The van der Waals surface area contributed by atoms with Crippen LogP contribution in [-0.2, 0) is 0 Å². The number of alkyl halides is 26. The van der Waals surface area contributed by atoms with Gasteiger partial charge in [-0.15, -0.1) is 0 Å². The molecular formula is C20H16F25I. The highest BCUT2D eigenvalue weighted by Gasteiger charge is 2.99. The van der Waals surface area contributed by atoms with E-state index in [0.29, 0.717) is 12.8 Å². The highest BCUT2D eigenvalue weighted by molar-refractivity contribution is 14.1. The van der Waals surface area contributed by atoms with Crippen LogP contribution in [-0.4, -0.2) is 75.2 Å². The normalized spacial score (nSPS) is 17.0. The molecule has 0 aliphatic rings. The lowest BCUT2D eigenvalue weighted by Crippen LogP contribution is -2.78. The Morgan fingerprint density at radius 1 is 0.370 bits per heavy atom. The zero-order valence-electron chi connectivity index (χ0n) is 21.6. The fourth-order valence-electron chi connectivity index (χ4n) is 3.29. The molecule has 0 N–H and O–H groups in total. The van der Waals surface area contributed by atoms with Gasteiger partial charge in [-0.05, 0) is 6.42 Å². The van der Waals surface area contributed by atoms with Crippen LogP contribution in [0.1, 0.15) is 45.4 Å². The van der Waals surface area contributed by atoms with E-state index in [2.05, 4.69) is 0 Å². The summed E-state index contributed by atoms with van der Waals surface area (Å²) < 4.78 is 335. The first-order valence-electron chi connectivity index (χ1n) is 11.6. The van der Waals surface area contributed by atoms with Gasteiger partial charge in [0.05, 0.1) is 0 Å². The van der Waals surface area contributed by atoms with Gasteiger partial charge >= 0.3 is 71.3 Å². The molecule has 0 radical (unpaired) electrons. The number of hydrogen-bond donors (Lipinski definition) is 0. The van der Waals surface area contributed by atoms with Crippen LogP contribution in [0.4, 0.5) is 110 Å². The van der Waals surface area contributed by atoms with Gasteiger partial charge in [-0.2, -0.15) is 110 Å².